The van der Waals surface area contributed by atoms with Gasteiger partial charge in [-0.05, 0) is 67.1 Å². The molecule has 0 aliphatic rings. The van der Waals surface area contributed by atoms with Crippen molar-refractivity contribution in [3.63, 3.8) is 0 Å². The van der Waals surface area contributed by atoms with Gasteiger partial charge in [-0.1, -0.05) is 35.0 Å². The Balaban J connectivity index is 1.66. The van der Waals surface area contributed by atoms with Gasteiger partial charge in [-0.25, -0.2) is 0 Å². The third kappa shape index (κ3) is 4.54. The average Bonchev–Trinajstić information content (AvgIpc) is 3.16. The fourth-order valence-electron chi connectivity index (χ4n) is 3.17. The van der Waals surface area contributed by atoms with Gasteiger partial charge in [-0.2, -0.15) is 0 Å². The molecule has 1 heterocycles. The number of amides is 1. The monoisotopic (exact) mass is 477 g/mol. The zero-order valence-electron chi connectivity index (χ0n) is 16.9. The predicted molar refractivity (Wildman–Crippen MR) is 124 cm³/mol. The van der Waals surface area contributed by atoms with Gasteiger partial charge in [0.15, 0.2) is 5.76 Å². The molecule has 0 unspecified atom stereocenters. The van der Waals surface area contributed by atoms with Crippen LogP contribution in [0.2, 0.25) is 0 Å². The molecular weight excluding hydrogens is 458 g/mol. The van der Waals surface area contributed by atoms with Crippen LogP contribution in [0.4, 0.5) is 5.69 Å². The Morgan fingerprint density at radius 3 is 2.32 bits per heavy atom. The first-order valence-electron chi connectivity index (χ1n) is 9.93. The van der Waals surface area contributed by atoms with Gasteiger partial charge in [0.05, 0.1) is 12.3 Å². The lowest BCUT2D eigenvalue weighted by atomic mass is 10.1. The predicted octanol–water partition coefficient (Wildman–Crippen LogP) is 6.47. The summed E-state index contributed by atoms with van der Waals surface area (Å²) in [6, 6.07) is 21.1. The number of hydrogen-bond donors (Lipinski definition) is 1. The minimum atomic E-state index is -0.335. The lowest BCUT2D eigenvalue weighted by Crippen LogP contribution is -2.14. The highest BCUT2D eigenvalue weighted by atomic mass is 79.9. The molecule has 0 atom stereocenters. The number of halogens is 1. The van der Waals surface area contributed by atoms with Crippen molar-refractivity contribution < 1.29 is 18.7 Å². The highest BCUT2D eigenvalue weighted by Gasteiger charge is 2.23. The molecule has 1 N–H and O–H groups in total. The van der Waals surface area contributed by atoms with E-state index in [2.05, 4.69) is 21.2 Å². The van der Waals surface area contributed by atoms with E-state index in [4.69, 9.17) is 9.15 Å². The first kappa shape index (κ1) is 20.9. The first-order chi connectivity index (χ1) is 15.1. The van der Waals surface area contributed by atoms with Gasteiger partial charge in [0, 0.05) is 21.0 Å². The lowest BCUT2D eigenvalue weighted by molar-refractivity contribution is 0.101. The number of para-hydroxylation sites is 1. The molecule has 0 saturated carbocycles. The van der Waals surface area contributed by atoms with E-state index >= 15 is 0 Å². The molecule has 0 aliphatic heterocycles. The van der Waals surface area contributed by atoms with Crippen LogP contribution in [-0.2, 0) is 0 Å². The number of nitrogens with one attached hydrogen (secondary N) is 1. The Hall–Kier alpha value is -3.38. The van der Waals surface area contributed by atoms with Crippen molar-refractivity contribution in [2.45, 2.75) is 13.3 Å². The van der Waals surface area contributed by atoms with Crippen LogP contribution < -0.4 is 10.1 Å². The number of ether oxygens (including phenoxy) is 1. The van der Waals surface area contributed by atoms with E-state index in [9.17, 15) is 9.59 Å². The molecule has 0 fully saturated rings. The van der Waals surface area contributed by atoms with E-state index in [1.54, 1.807) is 54.6 Å². The molecule has 1 aromatic heterocycles. The van der Waals surface area contributed by atoms with Crippen LogP contribution in [0, 0.1) is 0 Å². The summed E-state index contributed by atoms with van der Waals surface area (Å²) in [4.78, 5) is 26.1. The molecule has 5 nitrogen and oxygen atoms in total. The second kappa shape index (κ2) is 9.18. The number of furan rings is 1. The van der Waals surface area contributed by atoms with Gasteiger partial charge >= 0.3 is 0 Å². The number of fused-ring (bicyclic) bond motifs is 1. The molecule has 0 spiro atoms. The van der Waals surface area contributed by atoms with Crippen molar-refractivity contribution in [3.05, 3.63) is 94.2 Å². The van der Waals surface area contributed by atoms with Gasteiger partial charge < -0.3 is 14.5 Å². The minimum Gasteiger partial charge on any atom is -0.494 e. The number of carbonyl (C=O) groups excluding carboxylic acids is 2. The van der Waals surface area contributed by atoms with Crippen molar-refractivity contribution in [2.24, 2.45) is 0 Å². The molecule has 0 aliphatic carbocycles. The zero-order valence-corrected chi connectivity index (χ0v) is 18.4. The van der Waals surface area contributed by atoms with Crippen molar-refractivity contribution in [1.82, 2.24) is 0 Å². The fourth-order valence-corrected chi connectivity index (χ4v) is 3.43. The standard InChI is InChI=1S/C25H20BrNO4/c1-2-15-30-19-13-9-17(10-14-19)25(29)27-22-20-5-3-4-6-21(20)31-24(22)23(28)16-7-11-18(26)12-8-16/h3-14H,2,15H2,1H3,(H,27,29). The number of hydrogen-bond acceptors (Lipinski definition) is 4. The van der Waals surface area contributed by atoms with Crippen LogP contribution in [-0.4, -0.2) is 18.3 Å². The fraction of sp³-hybridized carbons (Fsp3) is 0.120. The molecule has 1 amide bonds. The summed E-state index contributed by atoms with van der Waals surface area (Å²) in [5.74, 6) is 0.166. The van der Waals surface area contributed by atoms with Crippen LogP contribution in [0.25, 0.3) is 11.0 Å². The molecule has 0 saturated heterocycles. The summed E-state index contributed by atoms with van der Waals surface area (Å²) in [7, 11) is 0. The third-order valence-electron chi connectivity index (χ3n) is 4.74. The molecule has 31 heavy (non-hydrogen) atoms. The second-order valence-electron chi connectivity index (χ2n) is 6.97. The topological polar surface area (TPSA) is 68.5 Å². The molecular formula is C25H20BrNO4. The molecule has 4 aromatic rings. The van der Waals surface area contributed by atoms with E-state index in [1.807, 2.05) is 25.1 Å². The lowest BCUT2D eigenvalue weighted by Gasteiger charge is -2.08. The maximum Gasteiger partial charge on any atom is 0.255 e. The smallest absolute Gasteiger partial charge is 0.255 e. The molecule has 0 radical (unpaired) electrons. The van der Waals surface area contributed by atoms with Crippen LogP contribution in [0.15, 0.2) is 81.7 Å². The Morgan fingerprint density at radius 2 is 1.61 bits per heavy atom. The highest BCUT2D eigenvalue weighted by Crippen LogP contribution is 2.33. The molecule has 156 valence electrons. The second-order valence-corrected chi connectivity index (χ2v) is 7.88. The van der Waals surface area contributed by atoms with Crippen molar-refractivity contribution in [3.8, 4) is 5.75 Å². The highest BCUT2D eigenvalue weighted by molar-refractivity contribution is 9.10. The molecule has 4 rings (SSSR count). The Morgan fingerprint density at radius 1 is 0.935 bits per heavy atom. The van der Waals surface area contributed by atoms with Crippen molar-refractivity contribution in [2.75, 3.05) is 11.9 Å². The summed E-state index contributed by atoms with van der Waals surface area (Å²) < 4.78 is 12.3. The molecule has 6 heteroatoms. The zero-order chi connectivity index (χ0) is 21.8. The molecule has 3 aromatic carbocycles. The Bertz CT molecular complexity index is 1230. The number of benzene rings is 3. The summed E-state index contributed by atoms with van der Waals surface area (Å²) in [6.45, 7) is 2.65. The Labute approximate surface area is 188 Å². The average molecular weight is 478 g/mol. The number of carbonyl (C=O) groups is 2. The minimum absolute atomic E-state index is 0.0970. The maximum absolute atomic E-state index is 13.1. The first-order valence-corrected chi connectivity index (χ1v) is 10.7. The quantitative estimate of drug-likeness (QED) is 0.309. The van der Waals surface area contributed by atoms with Gasteiger partial charge in [0.2, 0.25) is 5.78 Å². The van der Waals surface area contributed by atoms with Crippen LogP contribution >= 0.6 is 15.9 Å². The van der Waals surface area contributed by atoms with E-state index in [0.29, 0.717) is 40.1 Å². The van der Waals surface area contributed by atoms with Gasteiger partial charge in [-0.15, -0.1) is 0 Å². The van der Waals surface area contributed by atoms with Crippen molar-refractivity contribution in [1.29, 1.82) is 0 Å². The SMILES string of the molecule is CCCOc1ccc(C(=O)Nc2c(C(=O)c3ccc(Br)cc3)oc3ccccc23)cc1. The molecule has 0 bridgehead atoms. The number of rotatable bonds is 7. The summed E-state index contributed by atoms with van der Waals surface area (Å²) in [5.41, 5.74) is 1.81. The third-order valence-corrected chi connectivity index (χ3v) is 5.26. The van der Waals surface area contributed by atoms with Gasteiger partial charge in [0.25, 0.3) is 5.91 Å². The van der Waals surface area contributed by atoms with E-state index in [1.165, 1.54) is 0 Å². The summed E-state index contributed by atoms with van der Waals surface area (Å²) in [6.07, 6.45) is 0.908. The number of ketones is 1. The van der Waals surface area contributed by atoms with Crippen LogP contribution in [0.5, 0.6) is 5.75 Å². The van der Waals surface area contributed by atoms with Crippen LogP contribution in [0.1, 0.15) is 39.8 Å². The van der Waals surface area contributed by atoms with Gasteiger partial charge in [-0.3, -0.25) is 9.59 Å². The van der Waals surface area contributed by atoms with Crippen molar-refractivity contribution >= 4 is 44.3 Å². The van der Waals surface area contributed by atoms with E-state index in [-0.39, 0.29) is 17.5 Å². The largest absolute Gasteiger partial charge is 0.494 e. The summed E-state index contributed by atoms with van der Waals surface area (Å²) in [5, 5.41) is 3.54. The normalized spacial score (nSPS) is 10.8. The van der Waals surface area contributed by atoms with Gasteiger partial charge in [0.1, 0.15) is 11.3 Å². The van der Waals surface area contributed by atoms with Crippen LogP contribution in [0.3, 0.4) is 0 Å². The summed E-state index contributed by atoms with van der Waals surface area (Å²) >= 11 is 3.37. The Kier molecular flexibility index (Phi) is 6.18. The van der Waals surface area contributed by atoms with E-state index in [0.717, 1.165) is 10.9 Å². The maximum atomic E-state index is 13.1. The number of anilines is 1. The van der Waals surface area contributed by atoms with E-state index < -0.39 is 0 Å².